The Hall–Kier alpha value is -2.82. The van der Waals surface area contributed by atoms with Crippen molar-refractivity contribution < 1.29 is 9.59 Å². The molecule has 3 amide bonds. The second-order valence-electron chi connectivity index (χ2n) is 5.95. The van der Waals surface area contributed by atoms with Crippen molar-refractivity contribution >= 4 is 23.3 Å². The molecule has 3 rings (SSSR count). The minimum absolute atomic E-state index is 0.148. The quantitative estimate of drug-likeness (QED) is 0.783. The summed E-state index contributed by atoms with van der Waals surface area (Å²) in [4.78, 5) is 23.9. The molecule has 0 atom stereocenters. The molecule has 0 bridgehead atoms. The van der Waals surface area contributed by atoms with Crippen LogP contribution in [0.25, 0.3) is 0 Å². The number of rotatable bonds is 5. The van der Waals surface area contributed by atoms with E-state index in [1.807, 2.05) is 24.3 Å². The van der Waals surface area contributed by atoms with Crippen molar-refractivity contribution in [1.29, 1.82) is 0 Å². The smallest absolute Gasteiger partial charge is 0.319 e. The van der Waals surface area contributed by atoms with Gasteiger partial charge in [-0.2, -0.15) is 0 Å². The molecule has 0 heterocycles. The number of nitrogens with one attached hydrogen (secondary N) is 3. The highest BCUT2D eigenvalue weighted by Crippen LogP contribution is 2.19. The van der Waals surface area contributed by atoms with Gasteiger partial charge in [0.15, 0.2) is 0 Å². The Morgan fingerprint density at radius 3 is 2.04 bits per heavy atom. The monoisotopic (exact) mass is 323 g/mol. The summed E-state index contributed by atoms with van der Waals surface area (Å²) in [7, 11) is 0. The lowest BCUT2D eigenvalue weighted by Gasteiger charge is -2.09. The normalized spacial score (nSPS) is 13.2. The van der Waals surface area contributed by atoms with Gasteiger partial charge in [0.25, 0.3) is 5.91 Å². The van der Waals surface area contributed by atoms with Crippen LogP contribution in [-0.4, -0.2) is 18.0 Å². The standard InChI is InChI=1S/C19H21N3O2/c1-2-13-3-5-14(6-4-13)18(23)20-15-7-9-16(10-8-15)21-19(24)22-17-11-12-17/h3-10,17H,2,11-12H2,1H3,(H,20,23)(H2,21,22,24). The van der Waals surface area contributed by atoms with Gasteiger partial charge in [0, 0.05) is 23.0 Å². The number of benzene rings is 2. The number of urea groups is 1. The number of carbonyl (C=O) groups excluding carboxylic acids is 2. The van der Waals surface area contributed by atoms with Gasteiger partial charge in [-0.3, -0.25) is 4.79 Å². The van der Waals surface area contributed by atoms with Crippen LogP contribution in [0.4, 0.5) is 16.2 Å². The molecule has 2 aromatic carbocycles. The van der Waals surface area contributed by atoms with Gasteiger partial charge in [0.2, 0.25) is 0 Å². The molecule has 1 aliphatic rings. The molecule has 1 fully saturated rings. The van der Waals surface area contributed by atoms with Crippen molar-refractivity contribution in [2.24, 2.45) is 0 Å². The fourth-order valence-corrected chi connectivity index (χ4v) is 2.31. The summed E-state index contributed by atoms with van der Waals surface area (Å²) >= 11 is 0. The first-order valence-corrected chi connectivity index (χ1v) is 8.22. The Kier molecular flexibility index (Phi) is 4.79. The van der Waals surface area contributed by atoms with Crippen LogP contribution in [0.3, 0.4) is 0 Å². The van der Waals surface area contributed by atoms with E-state index in [2.05, 4.69) is 22.9 Å². The van der Waals surface area contributed by atoms with Crippen molar-refractivity contribution in [2.45, 2.75) is 32.2 Å². The maximum atomic E-state index is 12.2. The zero-order chi connectivity index (χ0) is 16.9. The molecular formula is C19H21N3O2. The van der Waals surface area contributed by atoms with E-state index < -0.39 is 0 Å². The predicted octanol–water partition coefficient (Wildman–Crippen LogP) is 3.79. The Bertz CT molecular complexity index is 719. The van der Waals surface area contributed by atoms with Crippen molar-refractivity contribution in [3.63, 3.8) is 0 Å². The third-order valence-corrected chi connectivity index (χ3v) is 3.94. The topological polar surface area (TPSA) is 70.2 Å². The first-order chi connectivity index (χ1) is 11.6. The number of aryl methyl sites for hydroxylation is 1. The summed E-state index contributed by atoms with van der Waals surface area (Å²) in [5.74, 6) is -0.148. The molecule has 0 aliphatic heterocycles. The summed E-state index contributed by atoms with van der Waals surface area (Å²) in [6, 6.07) is 14.8. The number of hydrogen-bond donors (Lipinski definition) is 3. The van der Waals surface area contributed by atoms with E-state index in [9.17, 15) is 9.59 Å². The first-order valence-electron chi connectivity index (χ1n) is 8.22. The zero-order valence-electron chi connectivity index (χ0n) is 13.6. The van der Waals surface area contributed by atoms with Crippen molar-refractivity contribution in [3.05, 3.63) is 59.7 Å². The average molecular weight is 323 g/mol. The van der Waals surface area contributed by atoms with Crippen LogP contribution in [0.15, 0.2) is 48.5 Å². The van der Waals surface area contributed by atoms with E-state index in [4.69, 9.17) is 0 Å². The van der Waals surface area contributed by atoms with Crippen LogP contribution in [0.5, 0.6) is 0 Å². The Morgan fingerprint density at radius 2 is 1.50 bits per heavy atom. The van der Waals surface area contributed by atoms with Crippen LogP contribution in [0.2, 0.25) is 0 Å². The van der Waals surface area contributed by atoms with E-state index in [-0.39, 0.29) is 11.9 Å². The fourth-order valence-electron chi connectivity index (χ4n) is 2.31. The zero-order valence-corrected chi connectivity index (χ0v) is 13.6. The number of anilines is 2. The van der Waals surface area contributed by atoms with Crippen LogP contribution in [-0.2, 0) is 6.42 Å². The van der Waals surface area contributed by atoms with Crippen molar-refractivity contribution in [1.82, 2.24) is 5.32 Å². The maximum absolute atomic E-state index is 12.2. The summed E-state index contributed by atoms with van der Waals surface area (Å²) in [5, 5.41) is 8.49. The lowest BCUT2D eigenvalue weighted by molar-refractivity contribution is 0.102. The van der Waals surface area contributed by atoms with E-state index in [0.717, 1.165) is 19.3 Å². The van der Waals surface area contributed by atoms with E-state index >= 15 is 0 Å². The number of amides is 3. The lowest BCUT2D eigenvalue weighted by Crippen LogP contribution is -2.30. The third-order valence-electron chi connectivity index (χ3n) is 3.94. The predicted molar refractivity (Wildman–Crippen MR) is 95.4 cm³/mol. The summed E-state index contributed by atoms with van der Waals surface area (Å²) in [6.45, 7) is 2.08. The minimum Gasteiger partial charge on any atom is -0.335 e. The highest BCUT2D eigenvalue weighted by molar-refractivity contribution is 6.04. The van der Waals surface area contributed by atoms with Crippen molar-refractivity contribution in [2.75, 3.05) is 10.6 Å². The van der Waals surface area contributed by atoms with Crippen LogP contribution >= 0.6 is 0 Å². The fraction of sp³-hybridized carbons (Fsp3) is 0.263. The molecule has 5 heteroatoms. The van der Waals surface area contributed by atoms with E-state index in [1.165, 1.54) is 5.56 Å². The highest BCUT2D eigenvalue weighted by atomic mass is 16.2. The highest BCUT2D eigenvalue weighted by Gasteiger charge is 2.23. The number of carbonyl (C=O) groups is 2. The molecule has 124 valence electrons. The Balaban J connectivity index is 1.56. The molecule has 1 aliphatic carbocycles. The first kappa shape index (κ1) is 16.1. The second kappa shape index (κ2) is 7.17. The summed E-state index contributed by atoms with van der Waals surface area (Å²) < 4.78 is 0. The molecule has 2 aromatic rings. The second-order valence-corrected chi connectivity index (χ2v) is 5.95. The molecule has 0 aromatic heterocycles. The summed E-state index contributed by atoms with van der Waals surface area (Å²) in [6.07, 6.45) is 3.06. The maximum Gasteiger partial charge on any atom is 0.319 e. The molecule has 1 saturated carbocycles. The largest absolute Gasteiger partial charge is 0.335 e. The molecule has 0 saturated heterocycles. The molecule has 0 spiro atoms. The summed E-state index contributed by atoms with van der Waals surface area (Å²) in [5.41, 5.74) is 3.20. The Morgan fingerprint density at radius 1 is 0.917 bits per heavy atom. The molecule has 0 radical (unpaired) electrons. The van der Waals surface area contributed by atoms with Gasteiger partial charge in [-0.1, -0.05) is 19.1 Å². The molecule has 3 N–H and O–H groups in total. The lowest BCUT2D eigenvalue weighted by atomic mass is 10.1. The molecular weight excluding hydrogens is 302 g/mol. The molecule has 0 unspecified atom stereocenters. The van der Waals surface area contributed by atoms with Gasteiger partial charge in [0.05, 0.1) is 0 Å². The third kappa shape index (κ3) is 4.35. The average Bonchev–Trinajstić information content (AvgIpc) is 3.40. The minimum atomic E-state index is -0.190. The van der Waals surface area contributed by atoms with Gasteiger partial charge < -0.3 is 16.0 Å². The SMILES string of the molecule is CCc1ccc(C(=O)Nc2ccc(NC(=O)NC3CC3)cc2)cc1. The molecule has 24 heavy (non-hydrogen) atoms. The molecule has 5 nitrogen and oxygen atoms in total. The van der Waals surface area contributed by atoms with Crippen LogP contribution < -0.4 is 16.0 Å². The van der Waals surface area contributed by atoms with Gasteiger partial charge in [-0.15, -0.1) is 0 Å². The van der Waals surface area contributed by atoms with Gasteiger partial charge >= 0.3 is 6.03 Å². The van der Waals surface area contributed by atoms with Crippen LogP contribution in [0, 0.1) is 0 Å². The Labute approximate surface area is 141 Å². The number of hydrogen-bond acceptors (Lipinski definition) is 2. The van der Waals surface area contributed by atoms with Gasteiger partial charge in [-0.25, -0.2) is 4.79 Å². The van der Waals surface area contributed by atoms with Gasteiger partial charge in [-0.05, 0) is 61.2 Å². The van der Waals surface area contributed by atoms with Crippen LogP contribution in [0.1, 0.15) is 35.7 Å². The van der Waals surface area contributed by atoms with Gasteiger partial charge in [0.1, 0.15) is 0 Å². The van der Waals surface area contributed by atoms with E-state index in [0.29, 0.717) is 23.0 Å². The van der Waals surface area contributed by atoms with E-state index in [1.54, 1.807) is 24.3 Å². The van der Waals surface area contributed by atoms with Crippen molar-refractivity contribution in [3.8, 4) is 0 Å².